The molecule has 4 aromatic rings. The summed E-state index contributed by atoms with van der Waals surface area (Å²) in [5.74, 6) is -0.675. The van der Waals surface area contributed by atoms with Gasteiger partial charge in [-0.05, 0) is 47.5 Å². The number of aryl methyl sites for hydroxylation is 1. The molecule has 1 aliphatic rings. The predicted octanol–water partition coefficient (Wildman–Crippen LogP) is 4.05. The minimum atomic E-state index is -0.453. The first-order valence-electron chi connectivity index (χ1n) is 10.9. The average molecular weight is 445 g/mol. The van der Waals surface area contributed by atoms with Gasteiger partial charge in [-0.3, -0.25) is 14.7 Å². The van der Waals surface area contributed by atoms with E-state index in [0.717, 1.165) is 46.4 Å². The number of amides is 1. The van der Waals surface area contributed by atoms with Crippen LogP contribution in [0.3, 0.4) is 0 Å². The highest BCUT2D eigenvalue weighted by molar-refractivity contribution is 5.94. The number of hydrogen-bond acceptors (Lipinski definition) is 4. The number of hydrogen-bond donors (Lipinski definition) is 1. The first-order valence-corrected chi connectivity index (χ1v) is 10.9. The number of fused-ring (bicyclic) bond motifs is 1. The molecule has 1 saturated heterocycles. The van der Waals surface area contributed by atoms with Gasteiger partial charge in [0.05, 0.1) is 12.3 Å². The number of nitrogens with two attached hydrogens (primary N) is 1. The normalized spacial score (nSPS) is 16.8. The van der Waals surface area contributed by atoms with Crippen LogP contribution in [-0.4, -0.2) is 40.1 Å². The number of carbonyl (C=O) groups excluding carboxylic acids is 1. The number of pyridine rings is 1. The van der Waals surface area contributed by atoms with Gasteiger partial charge in [0.1, 0.15) is 11.9 Å². The third-order valence-electron chi connectivity index (χ3n) is 6.18. The van der Waals surface area contributed by atoms with Crippen LogP contribution in [0, 0.1) is 5.82 Å². The van der Waals surface area contributed by atoms with Crippen LogP contribution in [0.5, 0.6) is 0 Å². The first-order chi connectivity index (χ1) is 16.0. The lowest BCUT2D eigenvalue weighted by molar-refractivity contribution is -0.0348. The Bertz CT molecular complexity index is 1320. The number of benzene rings is 2. The molecule has 7 heteroatoms. The lowest BCUT2D eigenvalue weighted by atomic mass is 10.0. The fourth-order valence-electron chi connectivity index (χ4n) is 4.46. The van der Waals surface area contributed by atoms with Crippen molar-refractivity contribution >= 4 is 16.8 Å². The van der Waals surface area contributed by atoms with Crippen LogP contribution in [0.25, 0.3) is 22.0 Å². The SMILES string of the molecule is Cn1cc(CN2CCO[C@H](c3ccc(-c4cccc(C(N)=O)c4)cn3)C2)c2cc(F)ccc21. The number of rotatable bonds is 5. The van der Waals surface area contributed by atoms with Crippen molar-refractivity contribution < 1.29 is 13.9 Å². The molecular weight excluding hydrogens is 419 g/mol. The number of morpholine rings is 1. The monoisotopic (exact) mass is 444 g/mol. The molecule has 2 aromatic heterocycles. The zero-order valence-corrected chi connectivity index (χ0v) is 18.4. The number of aromatic nitrogens is 2. The summed E-state index contributed by atoms with van der Waals surface area (Å²) in [6, 6.07) is 16.1. The fourth-order valence-corrected chi connectivity index (χ4v) is 4.46. The molecule has 33 heavy (non-hydrogen) atoms. The number of carbonyl (C=O) groups is 1. The van der Waals surface area contributed by atoms with E-state index in [2.05, 4.69) is 16.1 Å². The molecule has 1 atom stereocenters. The molecule has 0 saturated carbocycles. The molecule has 2 N–H and O–H groups in total. The zero-order valence-electron chi connectivity index (χ0n) is 18.4. The minimum Gasteiger partial charge on any atom is -0.369 e. The molecule has 0 radical (unpaired) electrons. The van der Waals surface area contributed by atoms with Crippen molar-refractivity contribution in [1.29, 1.82) is 0 Å². The van der Waals surface area contributed by atoms with Crippen molar-refractivity contribution in [3.63, 3.8) is 0 Å². The molecule has 3 heterocycles. The van der Waals surface area contributed by atoms with Gasteiger partial charge in [0.2, 0.25) is 5.91 Å². The highest BCUT2D eigenvalue weighted by Crippen LogP contribution is 2.27. The number of nitrogens with zero attached hydrogens (tertiary/aromatic N) is 3. The maximum Gasteiger partial charge on any atom is 0.248 e. The second kappa shape index (κ2) is 8.77. The smallest absolute Gasteiger partial charge is 0.248 e. The van der Waals surface area contributed by atoms with E-state index in [4.69, 9.17) is 10.5 Å². The summed E-state index contributed by atoms with van der Waals surface area (Å²) in [6.07, 6.45) is 3.73. The van der Waals surface area contributed by atoms with Gasteiger partial charge in [-0.25, -0.2) is 4.39 Å². The molecule has 5 rings (SSSR count). The zero-order chi connectivity index (χ0) is 22.9. The highest BCUT2D eigenvalue weighted by Gasteiger charge is 2.24. The molecular formula is C26H25FN4O2. The quantitative estimate of drug-likeness (QED) is 0.504. The van der Waals surface area contributed by atoms with Crippen LogP contribution in [0.4, 0.5) is 4.39 Å². The number of primary amides is 1. The summed E-state index contributed by atoms with van der Waals surface area (Å²) in [7, 11) is 1.98. The third kappa shape index (κ3) is 4.37. The maximum atomic E-state index is 13.8. The van der Waals surface area contributed by atoms with Crippen LogP contribution in [-0.2, 0) is 18.3 Å². The summed E-state index contributed by atoms with van der Waals surface area (Å²) in [4.78, 5) is 18.4. The van der Waals surface area contributed by atoms with Crippen molar-refractivity contribution in [3.05, 3.63) is 89.6 Å². The van der Waals surface area contributed by atoms with Crippen LogP contribution in [0.1, 0.15) is 27.7 Å². The summed E-state index contributed by atoms with van der Waals surface area (Å²) < 4.78 is 21.9. The van der Waals surface area contributed by atoms with Gasteiger partial charge in [0.15, 0.2) is 0 Å². The first kappa shape index (κ1) is 21.3. The Morgan fingerprint density at radius 3 is 2.85 bits per heavy atom. The molecule has 6 nitrogen and oxygen atoms in total. The van der Waals surface area contributed by atoms with Crippen molar-refractivity contribution in [3.8, 4) is 11.1 Å². The Balaban J connectivity index is 1.32. The molecule has 1 fully saturated rings. The molecule has 0 unspecified atom stereocenters. The summed E-state index contributed by atoms with van der Waals surface area (Å²) in [6.45, 7) is 2.84. The minimum absolute atomic E-state index is 0.142. The average Bonchev–Trinajstić information content (AvgIpc) is 3.13. The molecule has 2 aromatic carbocycles. The summed E-state index contributed by atoms with van der Waals surface area (Å²) in [5, 5.41) is 0.946. The van der Waals surface area contributed by atoms with E-state index >= 15 is 0 Å². The number of halogens is 1. The van der Waals surface area contributed by atoms with Crippen LogP contribution in [0.15, 0.2) is 67.0 Å². The fraction of sp³-hybridized carbons (Fsp3) is 0.231. The molecule has 168 valence electrons. The van der Waals surface area contributed by atoms with Crippen LogP contribution >= 0.6 is 0 Å². The molecule has 1 amide bonds. The lowest BCUT2D eigenvalue weighted by Gasteiger charge is -2.32. The number of ether oxygens (including phenoxy) is 1. The Morgan fingerprint density at radius 1 is 1.18 bits per heavy atom. The third-order valence-corrected chi connectivity index (χ3v) is 6.18. The van der Waals surface area contributed by atoms with E-state index in [-0.39, 0.29) is 11.9 Å². The van der Waals surface area contributed by atoms with E-state index in [1.807, 2.05) is 41.9 Å². The van der Waals surface area contributed by atoms with Crippen molar-refractivity contribution in [2.75, 3.05) is 19.7 Å². The maximum absolute atomic E-state index is 13.8. The standard InChI is InChI=1S/C26H25FN4O2/c1-30-14-20(22-12-21(27)6-8-24(22)30)15-31-9-10-33-25(16-31)23-7-5-19(13-29-23)17-3-2-4-18(11-17)26(28)32/h2-8,11-14,25H,9-10,15-16H2,1H3,(H2,28,32)/t25-/m0/s1. The van der Waals surface area contributed by atoms with Crippen molar-refractivity contribution in [1.82, 2.24) is 14.5 Å². The molecule has 1 aliphatic heterocycles. The van der Waals surface area contributed by atoms with Gasteiger partial charge in [-0.1, -0.05) is 18.2 Å². The van der Waals surface area contributed by atoms with Crippen molar-refractivity contribution in [2.45, 2.75) is 12.6 Å². The molecule has 0 aliphatic carbocycles. The van der Waals surface area contributed by atoms with E-state index in [9.17, 15) is 9.18 Å². The topological polar surface area (TPSA) is 73.4 Å². The Kier molecular flexibility index (Phi) is 5.66. The van der Waals surface area contributed by atoms with E-state index in [1.54, 1.807) is 24.4 Å². The van der Waals surface area contributed by atoms with Crippen LogP contribution in [0.2, 0.25) is 0 Å². The Hall–Kier alpha value is -3.55. The van der Waals surface area contributed by atoms with Crippen molar-refractivity contribution in [2.24, 2.45) is 12.8 Å². The largest absolute Gasteiger partial charge is 0.369 e. The van der Waals surface area contributed by atoms with Gasteiger partial charge in [0, 0.05) is 61.1 Å². The van der Waals surface area contributed by atoms with Gasteiger partial charge in [0.25, 0.3) is 0 Å². The summed E-state index contributed by atoms with van der Waals surface area (Å²) >= 11 is 0. The molecule has 0 bridgehead atoms. The van der Waals surface area contributed by atoms with Gasteiger partial charge in [-0.15, -0.1) is 0 Å². The lowest BCUT2D eigenvalue weighted by Crippen LogP contribution is -2.38. The Morgan fingerprint density at radius 2 is 2.06 bits per heavy atom. The van der Waals surface area contributed by atoms with E-state index in [1.165, 1.54) is 6.07 Å². The Labute approximate surface area is 191 Å². The van der Waals surface area contributed by atoms with Gasteiger partial charge in [-0.2, -0.15) is 0 Å². The molecule has 0 spiro atoms. The second-order valence-electron chi connectivity index (χ2n) is 8.44. The van der Waals surface area contributed by atoms with E-state index < -0.39 is 5.91 Å². The van der Waals surface area contributed by atoms with Gasteiger partial charge >= 0.3 is 0 Å². The predicted molar refractivity (Wildman–Crippen MR) is 125 cm³/mol. The van der Waals surface area contributed by atoms with E-state index in [0.29, 0.717) is 18.7 Å². The van der Waals surface area contributed by atoms with Crippen LogP contribution < -0.4 is 5.73 Å². The second-order valence-corrected chi connectivity index (χ2v) is 8.44. The summed E-state index contributed by atoms with van der Waals surface area (Å²) in [5.41, 5.74) is 10.6. The van der Waals surface area contributed by atoms with Gasteiger partial charge < -0.3 is 15.0 Å². The highest BCUT2D eigenvalue weighted by atomic mass is 19.1.